The van der Waals surface area contributed by atoms with Crippen LogP contribution in [0, 0.1) is 0 Å². The van der Waals surface area contributed by atoms with E-state index in [-0.39, 0.29) is 17.7 Å². The smallest absolute Gasteiger partial charge is 0.433 e. The Kier molecular flexibility index (Phi) is 5.27. The minimum atomic E-state index is -4.57. The topological polar surface area (TPSA) is 51.1 Å². The Balaban J connectivity index is 1.59. The molecule has 0 aliphatic carbocycles. The molecule has 1 aliphatic heterocycles. The summed E-state index contributed by atoms with van der Waals surface area (Å²) in [5.41, 5.74) is -0.508. The number of benzene rings is 1. The molecule has 2 aromatic heterocycles. The number of aromatic nitrogens is 3. The van der Waals surface area contributed by atoms with E-state index in [9.17, 15) is 13.2 Å². The van der Waals surface area contributed by atoms with Crippen molar-refractivity contribution < 1.29 is 17.9 Å². The fourth-order valence-corrected chi connectivity index (χ4v) is 3.32. The molecule has 1 aliphatic rings. The van der Waals surface area contributed by atoms with Crippen molar-refractivity contribution in [1.29, 1.82) is 0 Å². The summed E-state index contributed by atoms with van der Waals surface area (Å²) >= 11 is 5.97. The van der Waals surface area contributed by atoms with Gasteiger partial charge < -0.3 is 9.64 Å². The third-order valence-corrected chi connectivity index (χ3v) is 4.74. The summed E-state index contributed by atoms with van der Waals surface area (Å²) in [5.74, 6) is 0.855. The van der Waals surface area contributed by atoms with Crippen LogP contribution in [-0.4, -0.2) is 34.1 Å². The van der Waals surface area contributed by atoms with Gasteiger partial charge in [0, 0.05) is 42.0 Å². The molecule has 29 heavy (non-hydrogen) atoms. The first kappa shape index (κ1) is 19.4. The number of hydrogen-bond acceptors (Lipinski definition) is 5. The minimum absolute atomic E-state index is 0.0106. The first-order chi connectivity index (χ1) is 13.9. The van der Waals surface area contributed by atoms with Crippen LogP contribution in [0.2, 0.25) is 5.02 Å². The third kappa shape index (κ3) is 4.59. The van der Waals surface area contributed by atoms with Crippen LogP contribution < -0.4 is 9.64 Å². The van der Waals surface area contributed by atoms with Crippen molar-refractivity contribution in [3.05, 3.63) is 65.6 Å². The van der Waals surface area contributed by atoms with Crippen LogP contribution in [0.15, 0.2) is 54.9 Å². The van der Waals surface area contributed by atoms with Gasteiger partial charge in [-0.25, -0.2) is 9.97 Å². The van der Waals surface area contributed by atoms with Crippen LogP contribution in [0.4, 0.5) is 19.0 Å². The molecular weight excluding hydrogens is 405 g/mol. The summed E-state index contributed by atoms with van der Waals surface area (Å²) in [7, 11) is 0. The number of rotatable bonds is 4. The lowest BCUT2D eigenvalue weighted by atomic mass is 10.2. The molecule has 0 spiro atoms. The Morgan fingerprint density at radius 1 is 1.07 bits per heavy atom. The molecule has 9 heteroatoms. The Hall–Kier alpha value is -2.87. The van der Waals surface area contributed by atoms with Gasteiger partial charge in [-0.3, -0.25) is 4.98 Å². The summed E-state index contributed by atoms with van der Waals surface area (Å²) < 4.78 is 46.1. The highest BCUT2D eigenvalue weighted by atomic mass is 35.5. The normalized spacial score (nSPS) is 16.8. The molecule has 3 heterocycles. The van der Waals surface area contributed by atoms with Gasteiger partial charge in [0.25, 0.3) is 0 Å². The van der Waals surface area contributed by atoms with Crippen LogP contribution in [0.25, 0.3) is 11.4 Å². The zero-order valence-corrected chi connectivity index (χ0v) is 15.9. The predicted molar refractivity (Wildman–Crippen MR) is 103 cm³/mol. The van der Waals surface area contributed by atoms with Gasteiger partial charge >= 0.3 is 6.18 Å². The van der Waals surface area contributed by atoms with Crippen molar-refractivity contribution in [3.63, 3.8) is 0 Å². The van der Waals surface area contributed by atoms with Crippen molar-refractivity contribution in [2.45, 2.75) is 18.7 Å². The summed E-state index contributed by atoms with van der Waals surface area (Å²) in [5, 5.41) is 0.560. The predicted octanol–water partition coefficient (Wildman–Crippen LogP) is 4.87. The molecule has 1 unspecified atom stereocenters. The Labute approximate surface area is 170 Å². The summed E-state index contributed by atoms with van der Waals surface area (Å²) in [6.07, 6.45) is -1.12. The first-order valence-corrected chi connectivity index (χ1v) is 9.30. The Morgan fingerprint density at radius 3 is 2.59 bits per heavy atom. The van der Waals surface area contributed by atoms with Gasteiger partial charge in [-0.2, -0.15) is 13.2 Å². The number of ether oxygens (including phenoxy) is 1. The van der Waals surface area contributed by atoms with Crippen molar-refractivity contribution in [2.75, 3.05) is 18.0 Å². The van der Waals surface area contributed by atoms with Gasteiger partial charge in [-0.05, 0) is 30.3 Å². The molecule has 1 saturated heterocycles. The SMILES string of the molecule is FC(F)(F)c1cc(N2CCC(Oc3cccc(Cl)c3)C2)nc(-c2ccncc2)n1. The van der Waals surface area contributed by atoms with E-state index in [1.54, 1.807) is 41.3 Å². The second kappa shape index (κ2) is 7.87. The molecule has 1 aromatic carbocycles. The maximum Gasteiger partial charge on any atom is 0.433 e. The van der Waals surface area contributed by atoms with Gasteiger partial charge in [-0.15, -0.1) is 0 Å². The number of halogens is 4. The monoisotopic (exact) mass is 420 g/mol. The van der Waals surface area contributed by atoms with E-state index in [0.29, 0.717) is 35.8 Å². The van der Waals surface area contributed by atoms with E-state index in [4.69, 9.17) is 16.3 Å². The maximum atomic E-state index is 13.4. The second-order valence-electron chi connectivity index (χ2n) is 6.60. The maximum absolute atomic E-state index is 13.4. The van der Waals surface area contributed by atoms with Gasteiger partial charge in [0.1, 0.15) is 17.7 Å². The number of alkyl halides is 3. The van der Waals surface area contributed by atoms with Crippen LogP contribution in [0.5, 0.6) is 5.75 Å². The lowest BCUT2D eigenvalue weighted by Gasteiger charge is -2.20. The number of nitrogens with zero attached hydrogens (tertiary/aromatic N) is 4. The molecule has 0 bridgehead atoms. The minimum Gasteiger partial charge on any atom is -0.488 e. The largest absolute Gasteiger partial charge is 0.488 e. The van der Waals surface area contributed by atoms with Gasteiger partial charge in [-0.1, -0.05) is 17.7 Å². The highest BCUT2D eigenvalue weighted by Gasteiger charge is 2.35. The molecule has 0 saturated carbocycles. The van der Waals surface area contributed by atoms with E-state index in [0.717, 1.165) is 6.07 Å². The fraction of sp³-hybridized carbons (Fsp3) is 0.250. The second-order valence-corrected chi connectivity index (χ2v) is 7.04. The number of pyridine rings is 1. The lowest BCUT2D eigenvalue weighted by molar-refractivity contribution is -0.141. The van der Waals surface area contributed by atoms with Gasteiger partial charge in [0.15, 0.2) is 11.5 Å². The van der Waals surface area contributed by atoms with Gasteiger partial charge in [0.2, 0.25) is 0 Å². The average Bonchev–Trinajstić information content (AvgIpc) is 3.16. The fourth-order valence-electron chi connectivity index (χ4n) is 3.14. The summed E-state index contributed by atoms with van der Waals surface area (Å²) in [4.78, 5) is 13.7. The molecule has 150 valence electrons. The van der Waals surface area contributed by atoms with E-state index >= 15 is 0 Å². The molecule has 3 aromatic rings. The molecule has 1 fully saturated rings. The van der Waals surface area contributed by atoms with Crippen molar-refractivity contribution in [3.8, 4) is 17.1 Å². The van der Waals surface area contributed by atoms with Crippen molar-refractivity contribution >= 4 is 17.4 Å². The van der Waals surface area contributed by atoms with Gasteiger partial charge in [0.05, 0.1) is 6.54 Å². The van der Waals surface area contributed by atoms with Crippen LogP contribution in [0.3, 0.4) is 0 Å². The van der Waals surface area contributed by atoms with E-state index in [1.165, 1.54) is 12.4 Å². The van der Waals surface area contributed by atoms with E-state index < -0.39 is 11.9 Å². The van der Waals surface area contributed by atoms with Crippen LogP contribution in [0.1, 0.15) is 12.1 Å². The highest BCUT2D eigenvalue weighted by molar-refractivity contribution is 6.30. The van der Waals surface area contributed by atoms with Crippen molar-refractivity contribution in [1.82, 2.24) is 15.0 Å². The van der Waals surface area contributed by atoms with Crippen LogP contribution in [-0.2, 0) is 6.18 Å². The highest BCUT2D eigenvalue weighted by Crippen LogP contribution is 2.33. The number of hydrogen-bond donors (Lipinski definition) is 0. The quantitative estimate of drug-likeness (QED) is 0.602. The lowest BCUT2D eigenvalue weighted by Crippen LogP contribution is -2.26. The zero-order chi connectivity index (χ0) is 20.4. The first-order valence-electron chi connectivity index (χ1n) is 8.92. The standard InChI is InChI=1S/C20H16ClF3N4O/c21-14-2-1-3-15(10-14)29-16-6-9-28(12-16)18-11-17(20(22,23)24)26-19(27-18)13-4-7-25-8-5-13/h1-5,7-8,10-11,16H,6,9,12H2. The van der Waals surface area contributed by atoms with Crippen LogP contribution >= 0.6 is 11.6 Å². The molecule has 5 nitrogen and oxygen atoms in total. The molecule has 0 amide bonds. The average molecular weight is 421 g/mol. The summed E-state index contributed by atoms with van der Waals surface area (Å²) in [6.45, 7) is 0.936. The third-order valence-electron chi connectivity index (χ3n) is 4.51. The Bertz CT molecular complexity index is 1000. The number of anilines is 1. The van der Waals surface area contributed by atoms with Crippen molar-refractivity contribution in [2.24, 2.45) is 0 Å². The molecule has 1 atom stereocenters. The Morgan fingerprint density at radius 2 is 1.86 bits per heavy atom. The zero-order valence-electron chi connectivity index (χ0n) is 15.1. The molecule has 0 N–H and O–H groups in total. The summed E-state index contributed by atoms with van der Waals surface area (Å²) in [6, 6.07) is 11.2. The molecule has 0 radical (unpaired) electrons. The van der Waals surface area contributed by atoms with E-state index in [1.807, 2.05) is 0 Å². The van der Waals surface area contributed by atoms with E-state index in [2.05, 4.69) is 15.0 Å². The molecular formula is C20H16ClF3N4O. The molecule has 4 rings (SSSR count).